The summed E-state index contributed by atoms with van der Waals surface area (Å²) in [4.78, 5) is 34.3. The lowest BCUT2D eigenvalue weighted by atomic mass is 10.0. The van der Waals surface area contributed by atoms with Gasteiger partial charge in [0.1, 0.15) is 5.60 Å². The third kappa shape index (κ3) is 6.22. The highest BCUT2D eigenvalue weighted by Crippen LogP contribution is 2.16. The number of esters is 3. The fourth-order valence-electron chi connectivity index (χ4n) is 1.21. The summed E-state index contributed by atoms with van der Waals surface area (Å²) in [6, 6.07) is 0. The van der Waals surface area contributed by atoms with Crippen molar-refractivity contribution in [3.63, 3.8) is 0 Å². The van der Waals surface area contributed by atoms with Gasteiger partial charge in [0.15, 0.2) is 5.92 Å². The number of ether oxygens (including phenoxy) is 3. The van der Waals surface area contributed by atoms with E-state index in [9.17, 15) is 14.4 Å². The average molecular weight is 260 g/mol. The predicted molar refractivity (Wildman–Crippen MR) is 62.6 cm³/mol. The normalized spacial score (nSPS) is 12.5. The van der Waals surface area contributed by atoms with Crippen molar-refractivity contribution < 1.29 is 28.6 Å². The molecule has 0 aromatic heterocycles. The minimum absolute atomic E-state index is 0.00819. The zero-order valence-electron chi connectivity index (χ0n) is 11.4. The van der Waals surface area contributed by atoms with Crippen LogP contribution in [0, 0.1) is 5.92 Å². The van der Waals surface area contributed by atoms with Crippen molar-refractivity contribution in [1.82, 2.24) is 0 Å². The Morgan fingerprint density at radius 2 is 1.56 bits per heavy atom. The Hall–Kier alpha value is -1.59. The van der Waals surface area contributed by atoms with Crippen molar-refractivity contribution in [2.24, 2.45) is 5.92 Å². The lowest BCUT2D eigenvalue weighted by Crippen LogP contribution is -2.33. The zero-order chi connectivity index (χ0) is 14.3. The van der Waals surface area contributed by atoms with E-state index in [2.05, 4.69) is 9.47 Å². The topological polar surface area (TPSA) is 78.9 Å². The highest BCUT2D eigenvalue weighted by atomic mass is 16.6. The third-order valence-electron chi connectivity index (χ3n) is 2.04. The van der Waals surface area contributed by atoms with E-state index in [1.54, 1.807) is 20.8 Å². The van der Waals surface area contributed by atoms with Crippen LogP contribution >= 0.6 is 0 Å². The second kappa shape index (κ2) is 6.98. The number of carbonyl (C=O) groups is 3. The summed E-state index contributed by atoms with van der Waals surface area (Å²) in [5.74, 6) is -3.01. The van der Waals surface area contributed by atoms with E-state index < -0.39 is 29.4 Å². The fourth-order valence-corrected chi connectivity index (χ4v) is 1.21. The van der Waals surface area contributed by atoms with Gasteiger partial charge in [-0.25, -0.2) is 0 Å². The highest BCUT2D eigenvalue weighted by molar-refractivity contribution is 5.95. The zero-order valence-corrected chi connectivity index (χ0v) is 11.4. The van der Waals surface area contributed by atoms with Crippen molar-refractivity contribution >= 4 is 17.9 Å². The van der Waals surface area contributed by atoms with Gasteiger partial charge >= 0.3 is 17.9 Å². The van der Waals surface area contributed by atoms with Gasteiger partial charge in [0, 0.05) is 6.42 Å². The molecule has 0 aliphatic carbocycles. The number of hydrogen-bond acceptors (Lipinski definition) is 6. The quantitative estimate of drug-likeness (QED) is 0.418. The highest BCUT2D eigenvalue weighted by Gasteiger charge is 2.32. The van der Waals surface area contributed by atoms with Crippen LogP contribution in [0.15, 0.2) is 0 Å². The van der Waals surface area contributed by atoms with Crippen LogP contribution < -0.4 is 0 Å². The van der Waals surface area contributed by atoms with E-state index >= 15 is 0 Å². The Bertz CT molecular complexity index is 315. The fraction of sp³-hybridized carbons (Fsp3) is 0.750. The number of carbonyl (C=O) groups excluding carboxylic acids is 3. The Labute approximate surface area is 107 Å². The molecular weight excluding hydrogens is 240 g/mol. The molecular formula is C12H20O6. The summed E-state index contributed by atoms with van der Waals surface area (Å²) < 4.78 is 14.1. The molecule has 0 heterocycles. The molecule has 1 atom stereocenters. The molecule has 0 N–H and O–H groups in total. The average Bonchev–Trinajstić information content (AvgIpc) is 2.26. The van der Waals surface area contributed by atoms with Crippen molar-refractivity contribution in [2.45, 2.75) is 39.2 Å². The minimum atomic E-state index is -1.10. The molecule has 0 bridgehead atoms. The summed E-state index contributed by atoms with van der Waals surface area (Å²) in [7, 11) is 2.42. The monoisotopic (exact) mass is 260 g/mol. The van der Waals surface area contributed by atoms with E-state index in [0.717, 1.165) is 0 Å². The van der Waals surface area contributed by atoms with Gasteiger partial charge in [-0.15, -0.1) is 0 Å². The van der Waals surface area contributed by atoms with Gasteiger partial charge in [0.05, 0.1) is 14.2 Å². The van der Waals surface area contributed by atoms with Crippen LogP contribution in [0.3, 0.4) is 0 Å². The summed E-state index contributed by atoms with van der Waals surface area (Å²) in [6.07, 6.45) is -0.0379. The molecule has 0 aromatic rings. The summed E-state index contributed by atoms with van der Waals surface area (Å²) in [5.41, 5.74) is -0.700. The molecule has 0 amide bonds. The van der Waals surface area contributed by atoms with Gasteiger partial charge in [-0.1, -0.05) is 0 Å². The standard InChI is InChI=1S/C12H20O6/c1-12(2,3)18-11(15)8(10(14)17-5)6-7-9(13)16-4/h8H,6-7H2,1-5H3. The Kier molecular flexibility index (Phi) is 6.36. The third-order valence-corrected chi connectivity index (χ3v) is 2.04. The number of methoxy groups -OCH3 is 2. The van der Waals surface area contributed by atoms with Crippen molar-refractivity contribution in [3.05, 3.63) is 0 Å². The molecule has 6 heteroatoms. The van der Waals surface area contributed by atoms with E-state index in [4.69, 9.17) is 4.74 Å². The molecule has 6 nitrogen and oxygen atoms in total. The van der Waals surface area contributed by atoms with Gasteiger partial charge in [0.25, 0.3) is 0 Å². The lowest BCUT2D eigenvalue weighted by molar-refractivity contribution is -0.168. The molecule has 104 valence electrons. The van der Waals surface area contributed by atoms with Crippen LogP contribution in [0.25, 0.3) is 0 Å². The van der Waals surface area contributed by atoms with Crippen LogP contribution in [0.1, 0.15) is 33.6 Å². The van der Waals surface area contributed by atoms with E-state index in [1.165, 1.54) is 14.2 Å². The first-order valence-electron chi connectivity index (χ1n) is 5.58. The van der Waals surface area contributed by atoms with Crippen LogP contribution in [-0.2, 0) is 28.6 Å². The summed E-state index contributed by atoms with van der Waals surface area (Å²) in [5, 5.41) is 0. The molecule has 0 fully saturated rings. The van der Waals surface area contributed by atoms with Crippen LogP contribution in [0.2, 0.25) is 0 Å². The van der Waals surface area contributed by atoms with Crippen LogP contribution in [-0.4, -0.2) is 37.7 Å². The lowest BCUT2D eigenvalue weighted by Gasteiger charge is -2.22. The smallest absolute Gasteiger partial charge is 0.320 e. The van der Waals surface area contributed by atoms with Crippen LogP contribution in [0.5, 0.6) is 0 Å². The maximum absolute atomic E-state index is 11.8. The summed E-state index contributed by atoms with van der Waals surface area (Å²) >= 11 is 0. The first-order chi connectivity index (χ1) is 8.21. The van der Waals surface area contributed by atoms with Gasteiger partial charge in [-0.2, -0.15) is 0 Å². The molecule has 0 aliphatic heterocycles. The Morgan fingerprint density at radius 3 is 1.94 bits per heavy atom. The number of rotatable bonds is 5. The van der Waals surface area contributed by atoms with Gasteiger partial charge in [0.2, 0.25) is 0 Å². The molecule has 0 aromatic carbocycles. The van der Waals surface area contributed by atoms with Gasteiger partial charge < -0.3 is 14.2 Å². The maximum Gasteiger partial charge on any atom is 0.320 e. The SMILES string of the molecule is COC(=O)CCC(C(=O)OC)C(=O)OC(C)(C)C. The second-order valence-electron chi connectivity index (χ2n) is 4.72. The molecule has 0 spiro atoms. The minimum Gasteiger partial charge on any atom is -0.469 e. The first-order valence-corrected chi connectivity index (χ1v) is 5.58. The molecule has 0 saturated carbocycles. The molecule has 0 aliphatic rings. The van der Waals surface area contributed by atoms with Crippen molar-refractivity contribution in [1.29, 1.82) is 0 Å². The van der Waals surface area contributed by atoms with Gasteiger partial charge in [-0.3, -0.25) is 14.4 Å². The predicted octanol–water partition coefficient (Wildman–Crippen LogP) is 1.07. The molecule has 0 radical (unpaired) electrons. The molecule has 18 heavy (non-hydrogen) atoms. The maximum atomic E-state index is 11.8. The Balaban J connectivity index is 4.63. The second-order valence-corrected chi connectivity index (χ2v) is 4.72. The van der Waals surface area contributed by atoms with Crippen molar-refractivity contribution in [2.75, 3.05) is 14.2 Å². The molecule has 0 saturated heterocycles. The van der Waals surface area contributed by atoms with E-state index in [-0.39, 0.29) is 12.8 Å². The number of hydrogen-bond donors (Lipinski definition) is 0. The van der Waals surface area contributed by atoms with E-state index in [1.807, 2.05) is 0 Å². The molecule has 1 unspecified atom stereocenters. The summed E-state index contributed by atoms with van der Waals surface area (Å²) in [6.45, 7) is 5.08. The Morgan fingerprint density at radius 1 is 1.00 bits per heavy atom. The largest absolute Gasteiger partial charge is 0.469 e. The van der Waals surface area contributed by atoms with Crippen LogP contribution in [0.4, 0.5) is 0 Å². The van der Waals surface area contributed by atoms with Crippen molar-refractivity contribution in [3.8, 4) is 0 Å². The first kappa shape index (κ1) is 16.4. The molecule has 0 rings (SSSR count). The van der Waals surface area contributed by atoms with E-state index in [0.29, 0.717) is 0 Å². The van der Waals surface area contributed by atoms with Gasteiger partial charge in [-0.05, 0) is 27.2 Å².